The van der Waals surface area contributed by atoms with E-state index < -0.39 is 5.60 Å². The number of ether oxygens (including phenoxy) is 1. The topological polar surface area (TPSA) is 65.4 Å². The molecule has 120 valence electrons. The average molecular weight is 321 g/mol. The molecule has 1 atom stereocenters. The van der Waals surface area contributed by atoms with Crippen molar-refractivity contribution < 1.29 is 9.53 Å². The van der Waals surface area contributed by atoms with Gasteiger partial charge in [0.25, 0.3) is 0 Å². The Kier molecular flexibility index (Phi) is 5.43. The van der Waals surface area contributed by atoms with Gasteiger partial charge in [-0.2, -0.15) is 5.26 Å². The lowest BCUT2D eigenvalue weighted by Crippen LogP contribution is -2.49. The Labute approximate surface area is 135 Å². The largest absolute Gasteiger partial charge is 0.444 e. The second-order valence-corrected chi connectivity index (χ2v) is 7.69. The fraction of sp³-hybridized carbons (Fsp3) is 0.625. The summed E-state index contributed by atoms with van der Waals surface area (Å²) in [4.78, 5) is 15.8. The molecule has 5 nitrogen and oxygen atoms in total. The molecule has 0 saturated carbocycles. The molecule has 1 aromatic heterocycles. The van der Waals surface area contributed by atoms with Crippen LogP contribution in [0.15, 0.2) is 12.1 Å². The van der Waals surface area contributed by atoms with Crippen LogP contribution in [0.25, 0.3) is 0 Å². The maximum Gasteiger partial charge on any atom is 0.410 e. The van der Waals surface area contributed by atoms with E-state index in [2.05, 4.69) is 11.4 Å². The van der Waals surface area contributed by atoms with Crippen LogP contribution in [0.3, 0.4) is 0 Å². The number of amides is 1. The van der Waals surface area contributed by atoms with Crippen LogP contribution < -0.4 is 5.32 Å². The van der Waals surface area contributed by atoms with Gasteiger partial charge in [-0.3, -0.25) is 0 Å². The predicted octanol–water partition coefficient (Wildman–Crippen LogP) is 3.11. The van der Waals surface area contributed by atoms with Crippen molar-refractivity contribution in [2.45, 2.75) is 51.8 Å². The summed E-state index contributed by atoms with van der Waals surface area (Å²) >= 11 is 1.51. The van der Waals surface area contributed by atoms with Crippen LogP contribution in [-0.2, 0) is 11.3 Å². The Morgan fingerprint density at radius 3 is 2.95 bits per heavy atom. The normalized spacial score (nSPS) is 18.8. The zero-order chi connectivity index (χ0) is 16.2. The summed E-state index contributed by atoms with van der Waals surface area (Å²) in [5.41, 5.74) is -0.456. The highest BCUT2D eigenvalue weighted by molar-refractivity contribution is 7.12. The van der Waals surface area contributed by atoms with Gasteiger partial charge in [-0.1, -0.05) is 0 Å². The highest BCUT2D eigenvalue weighted by Crippen LogP contribution is 2.18. The van der Waals surface area contributed by atoms with E-state index in [4.69, 9.17) is 10.00 Å². The molecule has 1 aromatic rings. The van der Waals surface area contributed by atoms with Crippen LogP contribution in [0.5, 0.6) is 0 Å². The van der Waals surface area contributed by atoms with Crippen LogP contribution in [0.1, 0.15) is 43.4 Å². The fourth-order valence-electron chi connectivity index (χ4n) is 2.41. The van der Waals surface area contributed by atoms with Crippen molar-refractivity contribution in [3.63, 3.8) is 0 Å². The molecule has 1 fully saturated rings. The zero-order valence-corrected chi connectivity index (χ0v) is 14.2. The third kappa shape index (κ3) is 5.00. The summed E-state index contributed by atoms with van der Waals surface area (Å²) in [5, 5.41) is 12.3. The summed E-state index contributed by atoms with van der Waals surface area (Å²) in [5.74, 6) is 0. The summed E-state index contributed by atoms with van der Waals surface area (Å²) in [6, 6.07) is 6.24. The Bertz CT molecular complexity index is 556. The molecule has 1 aliphatic heterocycles. The molecule has 1 aliphatic rings. The van der Waals surface area contributed by atoms with Gasteiger partial charge in [0.2, 0.25) is 0 Å². The molecular weight excluding hydrogens is 298 g/mol. The van der Waals surface area contributed by atoms with E-state index >= 15 is 0 Å². The number of nitriles is 1. The van der Waals surface area contributed by atoms with Crippen LogP contribution in [0, 0.1) is 11.3 Å². The highest BCUT2D eigenvalue weighted by Gasteiger charge is 2.27. The van der Waals surface area contributed by atoms with Gasteiger partial charge in [-0.25, -0.2) is 4.79 Å². The maximum absolute atomic E-state index is 12.1. The number of nitrogens with zero attached hydrogens (tertiary/aromatic N) is 2. The van der Waals surface area contributed by atoms with E-state index in [1.807, 2.05) is 32.9 Å². The molecule has 0 spiro atoms. The van der Waals surface area contributed by atoms with Gasteiger partial charge < -0.3 is 15.0 Å². The average Bonchev–Trinajstić information content (AvgIpc) is 2.92. The number of carbonyl (C=O) groups is 1. The fourth-order valence-corrected chi connectivity index (χ4v) is 3.17. The molecule has 0 aromatic carbocycles. The van der Waals surface area contributed by atoms with Crippen molar-refractivity contribution in [3.05, 3.63) is 21.9 Å². The van der Waals surface area contributed by atoms with Crippen molar-refractivity contribution in [1.29, 1.82) is 5.26 Å². The number of likely N-dealkylation sites (tertiary alicyclic amines) is 1. The molecule has 0 radical (unpaired) electrons. The first-order chi connectivity index (χ1) is 10.4. The summed E-state index contributed by atoms with van der Waals surface area (Å²) in [7, 11) is 0. The molecule has 0 bridgehead atoms. The molecule has 2 rings (SSSR count). The van der Waals surface area contributed by atoms with E-state index in [1.54, 1.807) is 4.90 Å². The number of rotatable bonds is 3. The Balaban J connectivity index is 1.83. The van der Waals surface area contributed by atoms with Crippen LogP contribution >= 0.6 is 11.3 Å². The number of nitrogens with one attached hydrogen (secondary N) is 1. The molecule has 2 heterocycles. The Morgan fingerprint density at radius 1 is 1.55 bits per heavy atom. The molecule has 6 heteroatoms. The van der Waals surface area contributed by atoms with Gasteiger partial charge in [0.15, 0.2) is 0 Å². The van der Waals surface area contributed by atoms with E-state index in [0.717, 1.165) is 35.7 Å². The minimum Gasteiger partial charge on any atom is -0.444 e. The minimum atomic E-state index is -0.456. The molecule has 1 unspecified atom stereocenters. The van der Waals surface area contributed by atoms with E-state index in [1.165, 1.54) is 11.3 Å². The number of hydrogen-bond acceptors (Lipinski definition) is 5. The number of carbonyl (C=O) groups excluding carboxylic acids is 1. The molecular formula is C16H23N3O2S. The second-order valence-electron chi connectivity index (χ2n) is 6.52. The maximum atomic E-state index is 12.1. The van der Waals surface area contributed by atoms with Crippen molar-refractivity contribution in [3.8, 4) is 6.07 Å². The lowest BCUT2D eigenvalue weighted by Gasteiger charge is -2.34. The van der Waals surface area contributed by atoms with Gasteiger partial charge in [0.05, 0.1) is 0 Å². The van der Waals surface area contributed by atoms with Crippen molar-refractivity contribution in [1.82, 2.24) is 10.2 Å². The summed E-state index contributed by atoms with van der Waals surface area (Å²) in [6.07, 6.45) is 1.79. The van der Waals surface area contributed by atoms with Crippen LogP contribution in [0.4, 0.5) is 4.79 Å². The zero-order valence-electron chi connectivity index (χ0n) is 13.4. The molecule has 22 heavy (non-hydrogen) atoms. The van der Waals surface area contributed by atoms with E-state index in [-0.39, 0.29) is 12.1 Å². The molecule has 0 aliphatic carbocycles. The molecule has 1 saturated heterocycles. The Hall–Kier alpha value is -1.58. The number of thiophene rings is 1. The van der Waals surface area contributed by atoms with Gasteiger partial charge in [-0.15, -0.1) is 11.3 Å². The highest BCUT2D eigenvalue weighted by atomic mass is 32.1. The van der Waals surface area contributed by atoms with Gasteiger partial charge in [0, 0.05) is 30.6 Å². The lowest BCUT2D eigenvalue weighted by molar-refractivity contribution is 0.0187. The van der Waals surface area contributed by atoms with E-state index in [0.29, 0.717) is 6.54 Å². The smallest absolute Gasteiger partial charge is 0.410 e. The number of piperidine rings is 1. The summed E-state index contributed by atoms with van der Waals surface area (Å²) in [6.45, 7) is 7.81. The number of hydrogen-bond donors (Lipinski definition) is 1. The third-order valence-corrected chi connectivity index (χ3v) is 4.40. The first-order valence-electron chi connectivity index (χ1n) is 7.57. The third-order valence-electron chi connectivity index (χ3n) is 3.41. The van der Waals surface area contributed by atoms with Crippen molar-refractivity contribution >= 4 is 17.4 Å². The minimum absolute atomic E-state index is 0.234. The van der Waals surface area contributed by atoms with E-state index in [9.17, 15) is 4.79 Å². The lowest BCUT2D eigenvalue weighted by atomic mass is 10.1. The molecule has 1 N–H and O–H groups in total. The summed E-state index contributed by atoms with van der Waals surface area (Å²) < 4.78 is 5.43. The Morgan fingerprint density at radius 2 is 2.32 bits per heavy atom. The first-order valence-corrected chi connectivity index (χ1v) is 8.39. The van der Waals surface area contributed by atoms with Crippen LogP contribution in [0.2, 0.25) is 0 Å². The van der Waals surface area contributed by atoms with Crippen molar-refractivity contribution in [2.24, 2.45) is 0 Å². The van der Waals surface area contributed by atoms with Gasteiger partial charge in [0.1, 0.15) is 16.5 Å². The monoisotopic (exact) mass is 321 g/mol. The van der Waals surface area contributed by atoms with Gasteiger partial charge in [-0.05, 0) is 45.7 Å². The van der Waals surface area contributed by atoms with Gasteiger partial charge >= 0.3 is 6.09 Å². The molecule has 1 amide bonds. The first kappa shape index (κ1) is 16.8. The van der Waals surface area contributed by atoms with Crippen molar-refractivity contribution in [2.75, 3.05) is 13.1 Å². The second kappa shape index (κ2) is 7.12. The quantitative estimate of drug-likeness (QED) is 0.929. The SMILES string of the molecule is CC(C)(C)OC(=O)N1CCCC(NCc2ccc(C#N)s2)C1. The van der Waals surface area contributed by atoms with Crippen LogP contribution in [-0.4, -0.2) is 35.7 Å². The predicted molar refractivity (Wildman–Crippen MR) is 86.7 cm³/mol. The standard InChI is InChI=1S/C16H23N3O2S/c1-16(2,3)21-15(20)19-8-4-5-12(11-19)18-10-14-7-6-13(9-17)22-14/h6-7,12,18H,4-5,8,10-11H2,1-3H3.